The van der Waals surface area contributed by atoms with E-state index in [1.807, 2.05) is 0 Å². The van der Waals surface area contributed by atoms with Gasteiger partial charge >= 0.3 is 0 Å². The third-order valence-corrected chi connectivity index (χ3v) is 7.66. The Morgan fingerprint density at radius 1 is 1.07 bits per heavy atom. The van der Waals surface area contributed by atoms with Gasteiger partial charge in [-0.3, -0.25) is 23.9 Å². The summed E-state index contributed by atoms with van der Waals surface area (Å²) in [5.74, 6) is -1.54. The van der Waals surface area contributed by atoms with Gasteiger partial charge in [0.15, 0.2) is 5.69 Å². The number of aromatic nitrogens is 5. The molecule has 1 aromatic carbocycles. The lowest BCUT2D eigenvalue weighted by Gasteiger charge is -2.34. The Morgan fingerprint density at radius 3 is 2.68 bits per heavy atom. The Morgan fingerprint density at radius 2 is 1.93 bits per heavy atom. The second-order valence-corrected chi connectivity index (χ2v) is 10.3. The zero-order chi connectivity index (χ0) is 28.7. The van der Waals surface area contributed by atoms with Crippen LogP contribution in [-0.2, 0) is 16.1 Å². The maximum absolute atomic E-state index is 13.7. The number of anilines is 2. The maximum Gasteiger partial charge on any atom is 0.274 e. The van der Waals surface area contributed by atoms with Gasteiger partial charge in [-0.15, -0.1) is 0 Å². The SMILES string of the molecule is NC(=O)c1nn(CC(=O)N2[C@@H]3CC[C@@H](C3)[C@H]2C(=O)Nc2cccc(Cl)n2)c2ccc(NC(=O)c3ccncn3)cc12. The number of primary amides is 1. The molecule has 1 saturated heterocycles. The average Bonchev–Trinajstić information content (AvgIpc) is 3.67. The Kier molecular flexibility index (Phi) is 6.79. The minimum Gasteiger partial charge on any atom is -0.364 e. The molecule has 3 atom stereocenters. The molecule has 2 aliphatic rings. The Balaban J connectivity index is 1.25. The van der Waals surface area contributed by atoms with Crippen LogP contribution in [0.4, 0.5) is 11.5 Å². The molecule has 0 radical (unpaired) electrons. The quantitative estimate of drug-likeness (QED) is 0.282. The molecule has 41 heavy (non-hydrogen) atoms. The second kappa shape index (κ2) is 10.6. The minimum atomic E-state index is -0.785. The van der Waals surface area contributed by atoms with Gasteiger partial charge in [-0.05, 0) is 61.6 Å². The number of benzene rings is 1. The van der Waals surface area contributed by atoms with Gasteiger partial charge in [0.2, 0.25) is 11.8 Å². The Hall–Kier alpha value is -4.91. The van der Waals surface area contributed by atoms with Gasteiger partial charge in [-0.25, -0.2) is 15.0 Å². The van der Waals surface area contributed by atoms with Crippen LogP contribution in [0.25, 0.3) is 10.9 Å². The lowest BCUT2D eigenvalue weighted by Crippen LogP contribution is -2.52. The Labute approximate surface area is 238 Å². The lowest BCUT2D eigenvalue weighted by molar-refractivity contribution is -0.141. The van der Waals surface area contributed by atoms with Crippen LogP contribution in [0, 0.1) is 5.92 Å². The molecule has 4 aromatic rings. The number of pyridine rings is 1. The highest BCUT2D eigenvalue weighted by atomic mass is 35.5. The number of amides is 4. The van der Waals surface area contributed by atoms with Gasteiger partial charge in [0.05, 0.1) is 5.52 Å². The summed E-state index contributed by atoms with van der Waals surface area (Å²) in [6.45, 7) is -0.209. The molecule has 3 aromatic heterocycles. The van der Waals surface area contributed by atoms with Crippen molar-refractivity contribution in [1.82, 2.24) is 29.6 Å². The lowest BCUT2D eigenvalue weighted by atomic mass is 9.97. The molecule has 4 N–H and O–H groups in total. The number of carbonyl (C=O) groups is 4. The van der Waals surface area contributed by atoms with Crippen LogP contribution in [0.3, 0.4) is 0 Å². The maximum atomic E-state index is 13.7. The van der Waals surface area contributed by atoms with Crippen LogP contribution in [0.2, 0.25) is 5.15 Å². The molecule has 4 heterocycles. The smallest absolute Gasteiger partial charge is 0.274 e. The first-order chi connectivity index (χ1) is 19.8. The molecule has 0 spiro atoms. The number of rotatable bonds is 7. The first-order valence-electron chi connectivity index (χ1n) is 12.9. The van der Waals surface area contributed by atoms with E-state index in [0.717, 1.165) is 19.3 Å². The van der Waals surface area contributed by atoms with Crippen LogP contribution < -0.4 is 16.4 Å². The molecule has 2 fully saturated rings. The van der Waals surface area contributed by atoms with E-state index in [-0.39, 0.29) is 46.9 Å². The summed E-state index contributed by atoms with van der Waals surface area (Å²) in [5.41, 5.74) is 6.58. The first kappa shape index (κ1) is 26.3. The van der Waals surface area contributed by atoms with Gasteiger partial charge in [0.25, 0.3) is 11.8 Å². The number of fused-ring (bicyclic) bond motifs is 3. The van der Waals surface area contributed by atoms with E-state index in [1.165, 1.54) is 23.3 Å². The number of nitrogens with two attached hydrogens (primary N) is 1. The highest BCUT2D eigenvalue weighted by molar-refractivity contribution is 6.29. The summed E-state index contributed by atoms with van der Waals surface area (Å²) in [6, 6.07) is 10.5. The normalized spacial score (nSPS) is 19.3. The van der Waals surface area contributed by atoms with Gasteiger partial charge in [0.1, 0.15) is 35.6 Å². The monoisotopic (exact) mass is 573 g/mol. The molecular weight excluding hydrogens is 550 g/mol. The Bertz CT molecular complexity index is 1690. The van der Waals surface area contributed by atoms with Crippen molar-refractivity contribution in [2.24, 2.45) is 11.7 Å². The molecule has 14 heteroatoms. The molecular formula is C27H24ClN9O4. The molecule has 2 bridgehead atoms. The van der Waals surface area contributed by atoms with Crippen LogP contribution in [-0.4, -0.2) is 65.3 Å². The fraction of sp³-hybridized carbons (Fsp3) is 0.259. The first-order valence-corrected chi connectivity index (χ1v) is 13.3. The van der Waals surface area contributed by atoms with E-state index in [0.29, 0.717) is 22.4 Å². The topological polar surface area (TPSA) is 178 Å². The van der Waals surface area contributed by atoms with Gasteiger partial charge in [-0.1, -0.05) is 17.7 Å². The van der Waals surface area contributed by atoms with Crippen molar-refractivity contribution >= 4 is 57.6 Å². The van der Waals surface area contributed by atoms with Gasteiger partial charge in [-0.2, -0.15) is 5.10 Å². The average molecular weight is 574 g/mol. The van der Waals surface area contributed by atoms with Crippen molar-refractivity contribution in [3.63, 3.8) is 0 Å². The summed E-state index contributed by atoms with van der Waals surface area (Å²) in [7, 11) is 0. The van der Waals surface area contributed by atoms with Crippen molar-refractivity contribution in [2.45, 2.75) is 37.9 Å². The van der Waals surface area contributed by atoms with Gasteiger partial charge < -0.3 is 21.3 Å². The standard InChI is InChI=1S/C27H24ClN9O4/c28-20-2-1-3-21(33-20)34-27(41)24-14-4-6-16(10-14)37(24)22(38)12-36-19-7-5-15(11-17(19)23(35-36)25(29)39)32-26(40)18-8-9-30-13-31-18/h1-3,5,7-9,11,13-14,16,24H,4,6,10,12H2,(H2,29,39)(H,32,40)(H,33,34,41)/t14-,16+,24-/m0/s1. The van der Waals surface area contributed by atoms with E-state index in [2.05, 4.69) is 30.7 Å². The summed E-state index contributed by atoms with van der Waals surface area (Å²) in [6.07, 6.45) is 5.09. The summed E-state index contributed by atoms with van der Waals surface area (Å²) in [4.78, 5) is 65.2. The van der Waals surface area contributed by atoms with E-state index in [9.17, 15) is 19.2 Å². The molecule has 1 aliphatic heterocycles. The number of hydrogen-bond acceptors (Lipinski definition) is 8. The number of nitrogens with one attached hydrogen (secondary N) is 2. The zero-order valence-electron chi connectivity index (χ0n) is 21.5. The van der Waals surface area contributed by atoms with Gasteiger partial charge in [0, 0.05) is 23.3 Å². The number of likely N-dealkylation sites (tertiary alicyclic amines) is 1. The van der Waals surface area contributed by atoms with E-state index in [1.54, 1.807) is 41.3 Å². The second-order valence-electron chi connectivity index (χ2n) is 9.96. The minimum absolute atomic E-state index is 0.0275. The number of carbonyl (C=O) groups excluding carboxylic acids is 4. The molecule has 208 valence electrons. The van der Waals surface area contributed by atoms with Crippen LogP contribution in [0.1, 0.15) is 40.2 Å². The summed E-state index contributed by atoms with van der Waals surface area (Å²) in [5, 5.41) is 10.4. The molecule has 1 aliphatic carbocycles. The van der Waals surface area contributed by atoms with E-state index >= 15 is 0 Å². The zero-order valence-corrected chi connectivity index (χ0v) is 22.3. The van der Waals surface area contributed by atoms with Crippen molar-refractivity contribution in [3.05, 3.63) is 71.5 Å². The highest BCUT2D eigenvalue weighted by Gasteiger charge is 2.51. The number of halogens is 1. The fourth-order valence-corrected chi connectivity index (χ4v) is 5.92. The molecule has 13 nitrogen and oxygen atoms in total. The predicted octanol–water partition coefficient (Wildman–Crippen LogP) is 2.24. The van der Waals surface area contributed by atoms with E-state index in [4.69, 9.17) is 17.3 Å². The molecule has 4 amide bonds. The summed E-state index contributed by atoms with van der Waals surface area (Å²) < 4.78 is 1.40. The highest BCUT2D eigenvalue weighted by Crippen LogP contribution is 2.43. The van der Waals surface area contributed by atoms with Crippen LogP contribution >= 0.6 is 11.6 Å². The number of piperidine rings is 1. The number of nitrogens with zero attached hydrogens (tertiary/aromatic N) is 6. The van der Waals surface area contributed by atoms with Crippen molar-refractivity contribution in [1.29, 1.82) is 0 Å². The van der Waals surface area contributed by atoms with Crippen molar-refractivity contribution in [2.75, 3.05) is 10.6 Å². The summed E-state index contributed by atoms with van der Waals surface area (Å²) >= 11 is 5.96. The van der Waals surface area contributed by atoms with Crippen molar-refractivity contribution in [3.8, 4) is 0 Å². The van der Waals surface area contributed by atoms with Crippen LogP contribution in [0.5, 0.6) is 0 Å². The van der Waals surface area contributed by atoms with E-state index < -0.39 is 17.9 Å². The van der Waals surface area contributed by atoms with Crippen LogP contribution in [0.15, 0.2) is 55.0 Å². The molecule has 0 unspecified atom stereocenters. The third-order valence-electron chi connectivity index (χ3n) is 7.45. The largest absolute Gasteiger partial charge is 0.364 e. The number of hydrogen-bond donors (Lipinski definition) is 3. The predicted molar refractivity (Wildman–Crippen MR) is 148 cm³/mol. The fourth-order valence-electron chi connectivity index (χ4n) is 5.75. The molecule has 1 saturated carbocycles. The third kappa shape index (κ3) is 5.07. The van der Waals surface area contributed by atoms with Crippen molar-refractivity contribution < 1.29 is 19.2 Å². The molecule has 6 rings (SSSR count).